The van der Waals surface area contributed by atoms with Crippen LogP contribution in [0.25, 0.3) is 0 Å². The second-order valence-electron chi connectivity index (χ2n) is 3.81. The molecule has 90 valence electrons. The van der Waals surface area contributed by atoms with Gasteiger partial charge < -0.3 is 10.1 Å². The second kappa shape index (κ2) is 7.23. The highest BCUT2D eigenvalue weighted by molar-refractivity contribution is 5.22. The van der Waals surface area contributed by atoms with Crippen molar-refractivity contribution in [2.75, 3.05) is 13.1 Å². The number of nitrogens with one attached hydrogen (secondary N) is 1. The van der Waals surface area contributed by atoms with Crippen LogP contribution in [0.4, 0.5) is 4.39 Å². The van der Waals surface area contributed by atoms with Crippen LogP contribution in [0.15, 0.2) is 24.3 Å². The van der Waals surface area contributed by atoms with E-state index < -0.39 is 0 Å². The molecule has 0 spiro atoms. The number of benzene rings is 1. The van der Waals surface area contributed by atoms with Crippen molar-refractivity contribution in [2.45, 2.75) is 32.8 Å². The lowest BCUT2D eigenvalue weighted by molar-refractivity contribution is 0.193. The molecule has 0 fully saturated rings. The van der Waals surface area contributed by atoms with E-state index in [0.717, 1.165) is 25.9 Å². The number of hydrogen-bond acceptors (Lipinski definition) is 2. The number of hydrogen-bond donors (Lipinski definition) is 1. The second-order valence-corrected chi connectivity index (χ2v) is 3.81. The molecule has 1 atom stereocenters. The zero-order valence-corrected chi connectivity index (χ0v) is 10.0. The van der Waals surface area contributed by atoms with Crippen molar-refractivity contribution in [1.29, 1.82) is 0 Å². The Balaban J connectivity index is 2.43. The van der Waals surface area contributed by atoms with Gasteiger partial charge >= 0.3 is 0 Å². The standard InChI is InChI=1S/C13H20FNO/c1-3-8-15-10-12(4-2)16-13-7-5-6-11(14)9-13/h5-7,9,12,15H,3-4,8,10H2,1-2H3. The van der Waals surface area contributed by atoms with Crippen molar-refractivity contribution in [3.8, 4) is 5.75 Å². The van der Waals surface area contributed by atoms with E-state index in [1.54, 1.807) is 12.1 Å². The minimum atomic E-state index is -0.256. The van der Waals surface area contributed by atoms with Crippen LogP contribution in [-0.2, 0) is 0 Å². The third-order valence-corrected chi connectivity index (χ3v) is 2.35. The van der Waals surface area contributed by atoms with Gasteiger partial charge in [0.1, 0.15) is 17.7 Å². The highest BCUT2D eigenvalue weighted by Gasteiger charge is 2.07. The molecule has 1 aromatic rings. The average molecular weight is 225 g/mol. The third kappa shape index (κ3) is 4.62. The molecule has 0 radical (unpaired) electrons. The van der Waals surface area contributed by atoms with Gasteiger partial charge in [0.05, 0.1) is 0 Å². The molecule has 1 N–H and O–H groups in total. The Morgan fingerprint density at radius 1 is 1.38 bits per heavy atom. The van der Waals surface area contributed by atoms with Crippen LogP contribution in [-0.4, -0.2) is 19.2 Å². The van der Waals surface area contributed by atoms with Gasteiger partial charge in [-0.1, -0.05) is 19.9 Å². The van der Waals surface area contributed by atoms with Gasteiger partial charge in [-0.15, -0.1) is 0 Å². The summed E-state index contributed by atoms with van der Waals surface area (Å²) in [5.41, 5.74) is 0. The van der Waals surface area contributed by atoms with Crippen LogP contribution in [0.5, 0.6) is 5.75 Å². The molecule has 1 rings (SSSR count). The molecule has 0 aliphatic carbocycles. The van der Waals surface area contributed by atoms with E-state index in [0.29, 0.717) is 5.75 Å². The van der Waals surface area contributed by atoms with Crippen molar-refractivity contribution in [3.05, 3.63) is 30.1 Å². The van der Waals surface area contributed by atoms with E-state index in [1.807, 2.05) is 0 Å². The van der Waals surface area contributed by atoms with Crippen LogP contribution >= 0.6 is 0 Å². The lowest BCUT2D eigenvalue weighted by atomic mass is 10.2. The first-order chi connectivity index (χ1) is 7.76. The van der Waals surface area contributed by atoms with Crippen molar-refractivity contribution in [1.82, 2.24) is 5.32 Å². The van der Waals surface area contributed by atoms with Crippen LogP contribution < -0.4 is 10.1 Å². The largest absolute Gasteiger partial charge is 0.489 e. The van der Waals surface area contributed by atoms with Crippen LogP contribution in [0, 0.1) is 5.82 Å². The summed E-state index contributed by atoms with van der Waals surface area (Å²) >= 11 is 0. The van der Waals surface area contributed by atoms with Crippen LogP contribution in [0.2, 0.25) is 0 Å². The van der Waals surface area contributed by atoms with Crippen LogP contribution in [0.3, 0.4) is 0 Å². The minimum Gasteiger partial charge on any atom is -0.489 e. The Kier molecular flexibility index (Phi) is 5.86. The maximum atomic E-state index is 12.9. The molecule has 1 aromatic carbocycles. The molecule has 1 unspecified atom stereocenters. The first-order valence-electron chi connectivity index (χ1n) is 5.89. The van der Waals surface area contributed by atoms with Gasteiger partial charge in [-0.25, -0.2) is 4.39 Å². The zero-order chi connectivity index (χ0) is 11.8. The molecular weight excluding hydrogens is 205 g/mol. The zero-order valence-electron chi connectivity index (χ0n) is 10.0. The van der Waals surface area contributed by atoms with E-state index in [-0.39, 0.29) is 11.9 Å². The fourth-order valence-electron chi connectivity index (χ4n) is 1.44. The lowest BCUT2D eigenvalue weighted by Gasteiger charge is -2.18. The van der Waals surface area contributed by atoms with Crippen molar-refractivity contribution in [3.63, 3.8) is 0 Å². The van der Waals surface area contributed by atoms with Gasteiger partial charge in [-0.3, -0.25) is 0 Å². The van der Waals surface area contributed by atoms with E-state index in [1.165, 1.54) is 12.1 Å². The number of ether oxygens (including phenoxy) is 1. The molecule has 0 bridgehead atoms. The van der Waals surface area contributed by atoms with E-state index in [9.17, 15) is 4.39 Å². The maximum absolute atomic E-state index is 12.9. The Morgan fingerprint density at radius 2 is 2.19 bits per heavy atom. The van der Waals surface area contributed by atoms with Crippen molar-refractivity contribution < 1.29 is 9.13 Å². The molecule has 0 aliphatic rings. The monoisotopic (exact) mass is 225 g/mol. The topological polar surface area (TPSA) is 21.3 Å². The van der Waals surface area contributed by atoms with E-state index >= 15 is 0 Å². The molecule has 0 saturated heterocycles. The van der Waals surface area contributed by atoms with Gasteiger partial charge in [-0.05, 0) is 31.5 Å². The summed E-state index contributed by atoms with van der Waals surface area (Å²) in [7, 11) is 0. The predicted molar refractivity (Wildman–Crippen MR) is 64.3 cm³/mol. The smallest absolute Gasteiger partial charge is 0.126 e. The van der Waals surface area contributed by atoms with E-state index in [4.69, 9.17) is 4.74 Å². The summed E-state index contributed by atoms with van der Waals surface area (Å²) in [6, 6.07) is 6.29. The fourth-order valence-corrected chi connectivity index (χ4v) is 1.44. The predicted octanol–water partition coefficient (Wildman–Crippen LogP) is 2.98. The summed E-state index contributed by atoms with van der Waals surface area (Å²) < 4.78 is 18.6. The maximum Gasteiger partial charge on any atom is 0.126 e. The molecule has 0 heterocycles. The van der Waals surface area contributed by atoms with Crippen LogP contribution in [0.1, 0.15) is 26.7 Å². The summed E-state index contributed by atoms with van der Waals surface area (Å²) in [4.78, 5) is 0. The number of rotatable bonds is 7. The Labute approximate surface area is 96.8 Å². The highest BCUT2D eigenvalue weighted by Crippen LogP contribution is 2.14. The van der Waals surface area contributed by atoms with Gasteiger partial charge in [0.15, 0.2) is 0 Å². The highest BCUT2D eigenvalue weighted by atomic mass is 19.1. The summed E-state index contributed by atoms with van der Waals surface area (Å²) in [5, 5.41) is 3.30. The third-order valence-electron chi connectivity index (χ3n) is 2.35. The van der Waals surface area contributed by atoms with Gasteiger partial charge in [-0.2, -0.15) is 0 Å². The normalized spacial score (nSPS) is 12.4. The fraction of sp³-hybridized carbons (Fsp3) is 0.538. The Bertz CT molecular complexity index is 304. The van der Waals surface area contributed by atoms with E-state index in [2.05, 4.69) is 19.2 Å². The lowest BCUT2D eigenvalue weighted by Crippen LogP contribution is -2.31. The minimum absolute atomic E-state index is 0.105. The summed E-state index contributed by atoms with van der Waals surface area (Å²) in [6.07, 6.45) is 2.12. The van der Waals surface area contributed by atoms with Crippen molar-refractivity contribution in [2.24, 2.45) is 0 Å². The molecule has 0 saturated carbocycles. The SMILES string of the molecule is CCCNCC(CC)Oc1cccc(F)c1. The Morgan fingerprint density at radius 3 is 2.81 bits per heavy atom. The molecule has 0 aliphatic heterocycles. The van der Waals surface area contributed by atoms with Gasteiger partial charge in [0.2, 0.25) is 0 Å². The first-order valence-corrected chi connectivity index (χ1v) is 5.89. The molecule has 0 amide bonds. The molecule has 3 heteroatoms. The molecule has 2 nitrogen and oxygen atoms in total. The Hall–Kier alpha value is -1.09. The summed E-state index contributed by atoms with van der Waals surface area (Å²) in [6.45, 7) is 5.99. The number of halogens is 1. The molecule has 16 heavy (non-hydrogen) atoms. The quantitative estimate of drug-likeness (QED) is 0.720. The van der Waals surface area contributed by atoms with Gasteiger partial charge in [0.25, 0.3) is 0 Å². The van der Waals surface area contributed by atoms with Crippen molar-refractivity contribution >= 4 is 0 Å². The first kappa shape index (κ1) is 13.0. The summed E-state index contributed by atoms with van der Waals surface area (Å²) in [5.74, 6) is 0.346. The average Bonchev–Trinajstić information content (AvgIpc) is 2.28. The molecule has 0 aromatic heterocycles. The van der Waals surface area contributed by atoms with Gasteiger partial charge in [0, 0.05) is 12.6 Å². The molecular formula is C13H20FNO.